The van der Waals surface area contributed by atoms with Crippen LogP contribution < -0.4 is 0 Å². The molecule has 0 N–H and O–H groups in total. The van der Waals surface area contributed by atoms with Crippen LogP contribution in [0.5, 0.6) is 0 Å². The normalized spacial score (nSPS) is 11.2. The van der Waals surface area contributed by atoms with Crippen molar-refractivity contribution < 1.29 is 0 Å². The number of fused-ring (bicyclic) bond motifs is 2. The van der Waals surface area contributed by atoms with Gasteiger partial charge in [0.15, 0.2) is 0 Å². The molecule has 4 aromatic carbocycles. The third-order valence-electron chi connectivity index (χ3n) is 4.03. The molecule has 0 spiro atoms. The Hall–Kier alpha value is -2.02. The Morgan fingerprint density at radius 3 is 1.18 bits per heavy atom. The lowest BCUT2D eigenvalue weighted by atomic mass is 9.94. The Balaban J connectivity index is 2.13. The van der Waals surface area contributed by atoms with Crippen molar-refractivity contribution in [2.75, 3.05) is 0 Å². The number of hydrogen-bond acceptors (Lipinski definition) is 0. The van der Waals surface area contributed by atoms with Gasteiger partial charge in [0.25, 0.3) is 0 Å². The minimum Gasteiger partial charge on any atom is -0.0837 e. The number of hydrogen-bond donors (Lipinski definition) is 0. The van der Waals surface area contributed by atoms with E-state index in [2.05, 4.69) is 36.4 Å². The van der Waals surface area contributed by atoms with Gasteiger partial charge in [0, 0.05) is 20.8 Å². The third kappa shape index (κ3) is 2.08. The van der Waals surface area contributed by atoms with Crippen molar-refractivity contribution in [2.45, 2.75) is 0 Å². The summed E-state index contributed by atoms with van der Waals surface area (Å²) in [6.07, 6.45) is 0. The molecule has 0 aliphatic carbocycles. The molecule has 0 saturated heterocycles. The first kappa shape index (κ1) is 13.6. The van der Waals surface area contributed by atoms with Crippen molar-refractivity contribution in [3.05, 3.63) is 82.8 Å². The second kappa shape index (κ2) is 5.31. The predicted octanol–water partition coefficient (Wildman–Crippen LogP) is 6.97. The molecular weight excluding hydrogens is 311 g/mol. The van der Waals surface area contributed by atoms with Crippen LogP contribution in [0.2, 0.25) is 10.0 Å². The van der Waals surface area contributed by atoms with Gasteiger partial charge in [-0.15, -0.1) is 0 Å². The van der Waals surface area contributed by atoms with Crippen LogP contribution in [0.4, 0.5) is 0 Å². The highest BCUT2D eigenvalue weighted by molar-refractivity contribution is 6.37. The highest BCUT2D eigenvalue weighted by atomic mass is 35.5. The second-order valence-electron chi connectivity index (χ2n) is 5.28. The van der Waals surface area contributed by atoms with Crippen LogP contribution in [0.15, 0.2) is 72.8 Å². The van der Waals surface area contributed by atoms with E-state index in [0.29, 0.717) is 0 Å². The standard InChI is InChI=1S/C20H12Cl2/c21-19-11-9-15(13-5-1-3-7-17(13)19)16-10-12-20(22)18-8-4-2-6-14(16)18/h1-12H. The molecule has 0 aromatic heterocycles. The van der Waals surface area contributed by atoms with Crippen LogP contribution in [0, 0.1) is 0 Å². The van der Waals surface area contributed by atoms with E-state index in [1.165, 1.54) is 11.1 Å². The van der Waals surface area contributed by atoms with Gasteiger partial charge in [-0.2, -0.15) is 0 Å². The van der Waals surface area contributed by atoms with Crippen LogP contribution in [-0.2, 0) is 0 Å². The van der Waals surface area contributed by atoms with Crippen LogP contribution in [-0.4, -0.2) is 0 Å². The van der Waals surface area contributed by atoms with Gasteiger partial charge in [-0.05, 0) is 34.0 Å². The summed E-state index contributed by atoms with van der Waals surface area (Å²) in [4.78, 5) is 0. The van der Waals surface area contributed by atoms with Crippen molar-refractivity contribution in [1.82, 2.24) is 0 Å². The fourth-order valence-corrected chi connectivity index (χ4v) is 3.45. The van der Waals surface area contributed by atoms with Gasteiger partial charge in [0.1, 0.15) is 0 Å². The van der Waals surface area contributed by atoms with Gasteiger partial charge in [0.2, 0.25) is 0 Å². The first-order chi connectivity index (χ1) is 10.8. The quantitative estimate of drug-likeness (QED) is 0.355. The van der Waals surface area contributed by atoms with Gasteiger partial charge in [0.05, 0.1) is 0 Å². The maximum Gasteiger partial charge on any atom is 0.0484 e. The maximum absolute atomic E-state index is 6.34. The van der Waals surface area contributed by atoms with E-state index in [1.54, 1.807) is 0 Å². The molecule has 0 radical (unpaired) electrons. The number of benzene rings is 4. The molecule has 2 heteroatoms. The Labute approximate surface area is 138 Å². The lowest BCUT2D eigenvalue weighted by molar-refractivity contribution is 1.68. The molecular formula is C20H12Cl2. The molecule has 0 nitrogen and oxygen atoms in total. The monoisotopic (exact) mass is 322 g/mol. The van der Waals surface area contributed by atoms with Gasteiger partial charge in [-0.25, -0.2) is 0 Å². The summed E-state index contributed by atoms with van der Waals surface area (Å²) in [6.45, 7) is 0. The van der Waals surface area contributed by atoms with E-state index >= 15 is 0 Å². The maximum atomic E-state index is 6.34. The highest BCUT2D eigenvalue weighted by Crippen LogP contribution is 2.38. The van der Waals surface area contributed by atoms with E-state index in [9.17, 15) is 0 Å². The van der Waals surface area contributed by atoms with E-state index in [0.717, 1.165) is 31.6 Å². The van der Waals surface area contributed by atoms with Crippen LogP contribution >= 0.6 is 23.2 Å². The fourth-order valence-electron chi connectivity index (χ4n) is 2.99. The predicted molar refractivity (Wildman–Crippen MR) is 96.9 cm³/mol. The Kier molecular flexibility index (Phi) is 3.29. The lowest BCUT2D eigenvalue weighted by Crippen LogP contribution is -1.85. The van der Waals surface area contributed by atoms with Crippen molar-refractivity contribution in [2.24, 2.45) is 0 Å². The summed E-state index contributed by atoms with van der Waals surface area (Å²) in [5, 5.41) is 6.00. The summed E-state index contributed by atoms with van der Waals surface area (Å²) in [5.41, 5.74) is 2.35. The minimum atomic E-state index is 0.776. The summed E-state index contributed by atoms with van der Waals surface area (Å²) in [6, 6.07) is 24.5. The summed E-state index contributed by atoms with van der Waals surface area (Å²) in [5.74, 6) is 0. The van der Waals surface area contributed by atoms with E-state index in [4.69, 9.17) is 23.2 Å². The molecule has 0 unspecified atom stereocenters. The first-order valence-electron chi connectivity index (χ1n) is 7.10. The Bertz CT molecular complexity index is 920. The minimum absolute atomic E-state index is 0.776. The summed E-state index contributed by atoms with van der Waals surface area (Å²) in [7, 11) is 0. The average molecular weight is 323 g/mol. The molecule has 0 saturated carbocycles. The largest absolute Gasteiger partial charge is 0.0837 e. The molecule has 4 aromatic rings. The molecule has 0 fully saturated rings. The van der Waals surface area contributed by atoms with Gasteiger partial charge in [-0.3, -0.25) is 0 Å². The topological polar surface area (TPSA) is 0 Å². The zero-order valence-corrected chi connectivity index (χ0v) is 13.2. The zero-order valence-electron chi connectivity index (χ0n) is 11.7. The van der Waals surface area contributed by atoms with Crippen LogP contribution in [0.25, 0.3) is 32.7 Å². The molecule has 0 aliphatic rings. The van der Waals surface area contributed by atoms with Gasteiger partial charge >= 0.3 is 0 Å². The molecule has 0 bridgehead atoms. The molecule has 0 heterocycles. The van der Waals surface area contributed by atoms with E-state index in [-0.39, 0.29) is 0 Å². The smallest absolute Gasteiger partial charge is 0.0484 e. The van der Waals surface area contributed by atoms with Gasteiger partial charge < -0.3 is 0 Å². The van der Waals surface area contributed by atoms with Crippen molar-refractivity contribution in [3.63, 3.8) is 0 Å². The molecule has 0 atom stereocenters. The second-order valence-corrected chi connectivity index (χ2v) is 6.10. The molecule has 4 rings (SSSR count). The first-order valence-corrected chi connectivity index (χ1v) is 7.86. The zero-order chi connectivity index (χ0) is 15.1. The molecule has 0 amide bonds. The SMILES string of the molecule is Clc1ccc(-c2ccc(Cl)c3ccccc23)c2ccccc12. The van der Waals surface area contributed by atoms with Crippen molar-refractivity contribution in [1.29, 1.82) is 0 Å². The molecule has 0 aliphatic heterocycles. The Morgan fingerprint density at radius 1 is 0.409 bits per heavy atom. The van der Waals surface area contributed by atoms with E-state index in [1.807, 2.05) is 36.4 Å². The Morgan fingerprint density at radius 2 is 0.773 bits per heavy atom. The third-order valence-corrected chi connectivity index (χ3v) is 4.69. The van der Waals surface area contributed by atoms with Gasteiger partial charge in [-0.1, -0.05) is 83.9 Å². The summed E-state index contributed by atoms with van der Waals surface area (Å²) >= 11 is 12.7. The number of rotatable bonds is 1. The van der Waals surface area contributed by atoms with Crippen molar-refractivity contribution in [3.8, 4) is 11.1 Å². The number of halogens is 2. The summed E-state index contributed by atoms with van der Waals surface area (Å²) < 4.78 is 0. The van der Waals surface area contributed by atoms with Crippen LogP contribution in [0.3, 0.4) is 0 Å². The fraction of sp³-hybridized carbons (Fsp3) is 0. The van der Waals surface area contributed by atoms with E-state index < -0.39 is 0 Å². The molecule has 22 heavy (non-hydrogen) atoms. The average Bonchev–Trinajstić information content (AvgIpc) is 2.57. The molecule has 106 valence electrons. The highest BCUT2D eigenvalue weighted by Gasteiger charge is 2.10. The lowest BCUT2D eigenvalue weighted by Gasteiger charge is -2.12. The van der Waals surface area contributed by atoms with Crippen LogP contribution in [0.1, 0.15) is 0 Å². The van der Waals surface area contributed by atoms with Crippen molar-refractivity contribution >= 4 is 44.7 Å².